The quantitative estimate of drug-likeness (QED) is 0.273. The molecule has 1 heterocycles. The molecule has 0 saturated carbocycles. The number of aliphatic imine (C=N–C) groups is 1. The van der Waals surface area contributed by atoms with Crippen LogP contribution in [0.2, 0.25) is 0 Å². The highest BCUT2D eigenvalue weighted by Crippen LogP contribution is 2.17. The average Bonchev–Trinajstić information content (AvgIpc) is 3.02. The number of aromatic nitrogens is 2. The Hall–Kier alpha value is -1.81. The van der Waals surface area contributed by atoms with Crippen LogP contribution in [0.4, 0.5) is 0 Å². The van der Waals surface area contributed by atoms with Gasteiger partial charge in [-0.25, -0.2) is 0 Å². The first-order chi connectivity index (χ1) is 11.7. The van der Waals surface area contributed by atoms with Crippen molar-refractivity contribution in [1.29, 1.82) is 0 Å². The summed E-state index contributed by atoms with van der Waals surface area (Å²) in [6, 6.07) is 9.82. The molecule has 0 atom stereocenters. The highest BCUT2D eigenvalue weighted by atomic mass is 127. The maximum Gasteiger partial charge on any atom is 0.191 e. The molecule has 0 aliphatic carbocycles. The Labute approximate surface area is 165 Å². The Balaban J connectivity index is 0.00000312. The van der Waals surface area contributed by atoms with Crippen molar-refractivity contribution in [3.63, 3.8) is 0 Å². The van der Waals surface area contributed by atoms with Gasteiger partial charge in [-0.15, -0.1) is 24.0 Å². The Morgan fingerprint density at radius 2 is 2.04 bits per heavy atom. The van der Waals surface area contributed by atoms with E-state index >= 15 is 0 Å². The Morgan fingerprint density at radius 3 is 2.72 bits per heavy atom. The molecular formula is C17H26IN5O2. The van der Waals surface area contributed by atoms with Crippen molar-refractivity contribution >= 4 is 29.9 Å². The number of ether oxygens (including phenoxy) is 2. The topological polar surface area (TPSA) is 72.7 Å². The molecule has 138 valence electrons. The summed E-state index contributed by atoms with van der Waals surface area (Å²) in [5.41, 5.74) is 2.13. The van der Waals surface area contributed by atoms with Gasteiger partial charge >= 0.3 is 0 Å². The number of benzene rings is 1. The van der Waals surface area contributed by atoms with Crippen LogP contribution in [-0.2, 0) is 24.9 Å². The first-order valence-electron chi connectivity index (χ1n) is 7.85. The van der Waals surface area contributed by atoms with Crippen LogP contribution in [0.3, 0.4) is 0 Å². The second-order valence-electron chi connectivity index (χ2n) is 5.16. The molecule has 0 aliphatic rings. The Bertz CT molecular complexity index is 660. The van der Waals surface area contributed by atoms with Crippen molar-refractivity contribution in [1.82, 2.24) is 20.4 Å². The number of methoxy groups -OCH3 is 1. The number of hydrogen-bond acceptors (Lipinski definition) is 4. The first kappa shape index (κ1) is 21.2. The molecule has 0 bridgehead atoms. The van der Waals surface area contributed by atoms with E-state index in [-0.39, 0.29) is 24.0 Å². The maximum atomic E-state index is 5.69. The van der Waals surface area contributed by atoms with Gasteiger partial charge in [0, 0.05) is 32.4 Å². The molecule has 0 unspecified atom stereocenters. The Kier molecular flexibility index (Phi) is 9.93. The molecule has 0 amide bonds. The van der Waals surface area contributed by atoms with Crippen LogP contribution in [-0.4, -0.2) is 43.0 Å². The molecule has 25 heavy (non-hydrogen) atoms. The fourth-order valence-corrected chi connectivity index (χ4v) is 2.22. The summed E-state index contributed by atoms with van der Waals surface area (Å²) in [6.45, 7) is 2.43. The molecule has 2 N–H and O–H groups in total. The van der Waals surface area contributed by atoms with Gasteiger partial charge in [-0.2, -0.15) is 5.10 Å². The van der Waals surface area contributed by atoms with Crippen molar-refractivity contribution in [2.45, 2.75) is 13.2 Å². The summed E-state index contributed by atoms with van der Waals surface area (Å²) in [4.78, 5) is 4.19. The number of halogens is 1. The van der Waals surface area contributed by atoms with Crippen LogP contribution in [0.1, 0.15) is 11.3 Å². The summed E-state index contributed by atoms with van der Waals surface area (Å²) < 4.78 is 12.8. The third-order valence-electron chi connectivity index (χ3n) is 3.57. The minimum absolute atomic E-state index is 0. The number of aryl methyl sites for hydroxylation is 1. The average molecular weight is 459 g/mol. The number of para-hydroxylation sites is 1. The molecule has 7 nitrogen and oxygen atoms in total. The molecular weight excluding hydrogens is 433 g/mol. The van der Waals surface area contributed by atoms with E-state index < -0.39 is 0 Å². The maximum absolute atomic E-state index is 5.69. The van der Waals surface area contributed by atoms with Crippen LogP contribution in [0.5, 0.6) is 5.75 Å². The van der Waals surface area contributed by atoms with Gasteiger partial charge in [0.1, 0.15) is 5.75 Å². The standard InChI is InChI=1S/C17H25N5O2.HI/c1-18-17(20-12-15-8-9-21-22(15)2)19-10-11-24-13-14-6-4-5-7-16(14)23-3;/h4-9H,10-13H2,1-3H3,(H2,18,19,20);1H. The van der Waals surface area contributed by atoms with E-state index in [0.717, 1.165) is 23.0 Å². The molecule has 1 aromatic carbocycles. The van der Waals surface area contributed by atoms with E-state index in [1.807, 2.05) is 42.1 Å². The minimum Gasteiger partial charge on any atom is -0.496 e. The Morgan fingerprint density at radius 1 is 1.24 bits per heavy atom. The van der Waals surface area contributed by atoms with Gasteiger partial charge in [0.2, 0.25) is 0 Å². The summed E-state index contributed by atoms with van der Waals surface area (Å²) in [7, 11) is 5.32. The SMILES string of the molecule is CN=C(NCCOCc1ccccc1OC)NCc1ccnn1C.I. The number of nitrogens with zero attached hydrogens (tertiary/aromatic N) is 3. The van der Waals surface area contributed by atoms with Crippen molar-refractivity contribution < 1.29 is 9.47 Å². The number of guanidine groups is 1. The molecule has 2 rings (SSSR count). The lowest BCUT2D eigenvalue weighted by Gasteiger charge is -2.13. The van der Waals surface area contributed by atoms with E-state index in [1.165, 1.54) is 0 Å². The van der Waals surface area contributed by atoms with Gasteiger partial charge in [-0.05, 0) is 12.1 Å². The summed E-state index contributed by atoms with van der Waals surface area (Å²) in [6.07, 6.45) is 1.78. The summed E-state index contributed by atoms with van der Waals surface area (Å²) in [5, 5.41) is 10.6. The normalized spacial score (nSPS) is 10.9. The number of rotatable bonds is 8. The monoisotopic (exact) mass is 459 g/mol. The lowest BCUT2D eigenvalue weighted by atomic mass is 10.2. The predicted molar refractivity (Wildman–Crippen MR) is 109 cm³/mol. The molecule has 0 aliphatic heterocycles. The van der Waals surface area contributed by atoms with E-state index in [9.17, 15) is 0 Å². The van der Waals surface area contributed by atoms with Crippen molar-refractivity contribution in [3.05, 3.63) is 47.8 Å². The van der Waals surface area contributed by atoms with Crippen LogP contribution >= 0.6 is 24.0 Å². The third-order valence-corrected chi connectivity index (χ3v) is 3.57. The summed E-state index contributed by atoms with van der Waals surface area (Å²) in [5.74, 6) is 1.58. The molecule has 0 saturated heterocycles. The highest BCUT2D eigenvalue weighted by molar-refractivity contribution is 14.0. The second kappa shape index (κ2) is 11.7. The number of nitrogens with one attached hydrogen (secondary N) is 2. The molecule has 2 aromatic rings. The minimum atomic E-state index is 0. The summed E-state index contributed by atoms with van der Waals surface area (Å²) >= 11 is 0. The lowest BCUT2D eigenvalue weighted by molar-refractivity contribution is 0.123. The zero-order valence-electron chi connectivity index (χ0n) is 14.9. The molecule has 8 heteroatoms. The van der Waals surface area contributed by atoms with Gasteiger partial charge in [-0.3, -0.25) is 9.67 Å². The van der Waals surface area contributed by atoms with Gasteiger partial charge < -0.3 is 20.1 Å². The van der Waals surface area contributed by atoms with Gasteiger partial charge in [0.25, 0.3) is 0 Å². The van der Waals surface area contributed by atoms with Crippen molar-refractivity contribution in [2.24, 2.45) is 12.0 Å². The fourth-order valence-electron chi connectivity index (χ4n) is 2.22. The first-order valence-corrected chi connectivity index (χ1v) is 7.85. The lowest BCUT2D eigenvalue weighted by Crippen LogP contribution is -2.38. The molecule has 1 aromatic heterocycles. The van der Waals surface area contributed by atoms with Gasteiger partial charge in [0.15, 0.2) is 5.96 Å². The van der Waals surface area contributed by atoms with Crippen LogP contribution in [0, 0.1) is 0 Å². The molecule has 0 spiro atoms. The van der Waals surface area contributed by atoms with Crippen molar-refractivity contribution in [3.8, 4) is 5.75 Å². The zero-order valence-corrected chi connectivity index (χ0v) is 17.2. The van der Waals surface area contributed by atoms with E-state index in [0.29, 0.717) is 26.3 Å². The third kappa shape index (κ3) is 6.91. The van der Waals surface area contributed by atoms with E-state index in [2.05, 4.69) is 20.7 Å². The smallest absolute Gasteiger partial charge is 0.191 e. The second-order valence-corrected chi connectivity index (χ2v) is 5.16. The van der Waals surface area contributed by atoms with Crippen LogP contribution < -0.4 is 15.4 Å². The van der Waals surface area contributed by atoms with E-state index in [4.69, 9.17) is 9.47 Å². The molecule has 0 radical (unpaired) electrons. The fraction of sp³-hybridized carbons (Fsp3) is 0.412. The largest absolute Gasteiger partial charge is 0.496 e. The van der Waals surface area contributed by atoms with Gasteiger partial charge in [-0.1, -0.05) is 18.2 Å². The molecule has 0 fully saturated rings. The van der Waals surface area contributed by atoms with Crippen LogP contribution in [0.15, 0.2) is 41.5 Å². The highest BCUT2D eigenvalue weighted by Gasteiger charge is 2.03. The van der Waals surface area contributed by atoms with Crippen LogP contribution in [0.25, 0.3) is 0 Å². The predicted octanol–water partition coefficient (Wildman–Crippen LogP) is 1.93. The van der Waals surface area contributed by atoms with E-state index in [1.54, 1.807) is 20.4 Å². The van der Waals surface area contributed by atoms with Crippen molar-refractivity contribution in [2.75, 3.05) is 27.3 Å². The van der Waals surface area contributed by atoms with Gasteiger partial charge in [0.05, 0.1) is 32.6 Å². The number of hydrogen-bond donors (Lipinski definition) is 2. The zero-order chi connectivity index (χ0) is 17.2.